The average molecular weight is 505 g/mol. The van der Waals surface area contributed by atoms with Crippen molar-refractivity contribution < 1.29 is 28.6 Å². The van der Waals surface area contributed by atoms with Crippen molar-refractivity contribution in [2.24, 2.45) is 5.92 Å². The molecule has 1 spiro atoms. The topological polar surface area (TPSA) is 92.5 Å². The molecule has 2 aliphatic carbocycles. The number of esters is 1. The van der Waals surface area contributed by atoms with Gasteiger partial charge in [-0.2, -0.15) is 0 Å². The lowest BCUT2D eigenvalue weighted by atomic mass is 9.51. The second-order valence-electron chi connectivity index (χ2n) is 10.6. The molecule has 0 unspecified atom stereocenters. The van der Waals surface area contributed by atoms with Crippen LogP contribution in [-0.2, 0) is 21.4 Å². The van der Waals surface area contributed by atoms with E-state index in [4.69, 9.17) is 13.9 Å². The Kier molecular flexibility index (Phi) is 5.67. The van der Waals surface area contributed by atoms with Gasteiger partial charge in [0.2, 0.25) is 5.91 Å². The van der Waals surface area contributed by atoms with Crippen molar-refractivity contribution in [2.45, 2.75) is 56.2 Å². The second kappa shape index (κ2) is 8.80. The molecule has 1 N–H and O–H groups in total. The average Bonchev–Trinajstić information content (AvgIpc) is 3.51. The van der Waals surface area contributed by atoms with E-state index in [-0.39, 0.29) is 41.0 Å². The largest absolute Gasteiger partial charge is 0.508 e. The number of amides is 1. The molecule has 8 heteroatoms. The van der Waals surface area contributed by atoms with Crippen molar-refractivity contribution >= 4 is 18.0 Å². The fraction of sp³-hybridized carbons (Fsp3) is 0.448. The van der Waals surface area contributed by atoms with Crippen molar-refractivity contribution in [1.82, 2.24) is 9.80 Å². The number of carbonyl (C=O) groups is 2. The molecule has 2 bridgehead atoms. The number of benzene rings is 1. The predicted molar refractivity (Wildman–Crippen MR) is 136 cm³/mol. The number of phenolic OH excluding ortho intramolecular Hbond substituents is 1. The molecule has 3 heterocycles. The van der Waals surface area contributed by atoms with Gasteiger partial charge in [-0.25, -0.2) is 0 Å². The summed E-state index contributed by atoms with van der Waals surface area (Å²) in [4.78, 5) is 29.4. The molecule has 5 atom stereocenters. The van der Waals surface area contributed by atoms with E-state index in [1.807, 2.05) is 13.1 Å². The number of likely N-dealkylation sites (tertiary alicyclic amines) is 1. The first-order chi connectivity index (χ1) is 17.8. The van der Waals surface area contributed by atoms with Gasteiger partial charge in [0.1, 0.15) is 11.9 Å². The van der Waals surface area contributed by atoms with Gasteiger partial charge in [0.05, 0.1) is 18.6 Å². The monoisotopic (exact) mass is 504 g/mol. The highest BCUT2D eigenvalue weighted by molar-refractivity contribution is 5.92. The van der Waals surface area contributed by atoms with Crippen LogP contribution in [0.25, 0.3) is 6.08 Å². The highest BCUT2D eigenvalue weighted by Gasteiger charge is 2.67. The molecule has 6 rings (SSSR count). The zero-order chi connectivity index (χ0) is 25.9. The fourth-order valence-corrected chi connectivity index (χ4v) is 7.49. The van der Waals surface area contributed by atoms with E-state index in [1.54, 1.807) is 35.6 Å². The van der Waals surface area contributed by atoms with Crippen LogP contribution >= 0.6 is 0 Å². The van der Waals surface area contributed by atoms with Gasteiger partial charge >= 0.3 is 5.97 Å². The van der Waals surface area contributed by atoms with Gasteiger partial charge in [0.15, 0.2) is 11.5 Å². The minimum Gasteiger partial charge on any atom is -0.508 e. The summed E-state index contributed by atoms with van der Waals surface area (Å²) in [5.74, 6) is 0.664. The molecule has 37 heavy (non-hydrogen) atoms. The van der Waals surface area contributed by atoms with E-state index in [1.165, 1.54) is 13.0 Å². The van der Waals surface area contributed by atoms with Gasteiger partial charge in [-0.15, -0.1) is 6.58 Å². The Morgan fingerprint density at radius 2 is 2.22 bits per heavy atom. The van der Waals surface area contributed by atoms with Crippen LogP contribution in [0.1, 0.15) is 42.9 Å². The molecular formula is C29H32N2O6. The van der Waals surface area contributed by atoms with Crippen LogP contribution in [0.3, 0.4) is 0 Å². The van der Waals surface area contributed by atoms with E-state index in [2.05, 4.69) is 11.5 Å². The van der Waals surface area contributed by atoms with E-state index in [9.17, 15) is 14.7 Å². The lowest BCUT2D eigenvalue weighted by molar-refractivity contribution is -0.135. The summed E-state index contributed by atoms with van der Waals surface area (Å²) in [7, 11) is 1.83. The van der Waals surface area contributed by atoms with E-state index in [0.29, 0.717) is 18.1 Å². The highest BCUT2D eigenvalue weighted by Crippen LogP contribution is 2.65. The summed E-state index contributed by atoms with van der Waals surface area (Å²) >= 11 is 0. The third-order valence-electron chi connectivity index (χ3n) is 8.92. The molecule has 2 aliphatic heterocycles. The number of aromatic hydroxyl groups is 1. The van der Waals surface area contributed by atoms with Gasteiger partial charge in [0, 0.05) is 60.8 Å². The number of hydrogen-bond donors (Lipinski definition) is 1. The van der Waals surface area contributed by atoms with E-state index < -0.39 is 5.97 Å². The Morgan fingerprint density at radius 3 is 2.95 bits per heavy atom. The van der Waals surface area contributed by atoms with Gasteiger partial charge in [-0.1, -0.05) is 6.08 Å². The Balaban J connectivity index is 1.43. The Bertz CT molecular complexity index is 1280. The molecule has 1 saturated carbocycles. The summed E-state index contributed by atoms with van der Waals surface area (Å²) in [5, 5.41) is 11.1. The highest BCUT2D eigenvalue weighted by atomic mass is 16.6. The molecule has 0 radical (unpaired) electrons. The van der Waals surface area contributed by atoms with Gasteiger partial charge < -0.3 is 23.9 Å². The SMILES string of the molecule is C=CCN1CC[C@]23c4c5c(O)cc(OC(C)=O)c4O[C@H]2[C@@H](N(C)C(=O)/C=C/c2ccoc2)CC[C@H]3[C@H]1C5. The summed E-state index contributed by atoms with van der Waals surface area (Å²) < 4.78 is 17.4. The first-order valence-electron chi connectivity index (χ1n) is 12.9. The maximum absolute atomic E-state index is 13.3. The number of ether oxygens (including phenoxy) is 2. The molecule has 4 aliphatic rings. The van der Waals surface area contributed by atoms with Crippen LogP contribution in [0.2, 0.25) is 0 Å². The number of rotatable bonds is 6. The predicted octanol–water partition coefficient (Wildman–Crippen LogP) is 3.68. The molecule has 2 aromatic rings. The number of nitrogens with zero attached hydrogens (tertiary/aromatic N) is 2. The van der Waals surface area contributed by atoms with Crippen LogP contribution < -0.4 is 9.47 Å². The van der Waals surface area contributed by atoms with Crippen LogP contribution in [-0.4, -0.2) is 65.1 Å². The fourth-order valence-electron chi connectivity index (χ4n) is 7.49. The minimum absolute atomic E-state index is 0.111. The molecule has 1 saturated heterocycles. The molecule has 1 amide bonds. The molecule has 1 aromatic heterocycles. The van der Waals surface area contributed by atoms with Crippen molar-refractivity contribution in [3.63, 3.8) is 0 Å². The minimum atomic E-state index is -0.467. The van der Waals surface area contributed by atoms with Gasteiger partial charge in [-0.3, -0.25) is 14.5 Å². The Morgan fingerprint density at radius 1 is 1.38 bits per heavy atom. The third-order valence-corrected chi connectivity index (χ3v) is 8.92. The first kappa shape index (κ1) is 23.9. The Labute approximate surface area is 216 Å². The number of carbonyl (C=O) groups excluding carboxylic acids is 2. The smallest absolute Gasteiger partial charge is 0.308 e. The molecule has 1 aromatic carbocycles. The maximum Gasteiger partial charge on any atom is 0.308 e. The van der Waals surface area contributed by atoms with Crippen LogP contribution in [0.5, 0.6) is 17.2 Å². The summed E-state index contributed by atoms with van der Waals surface area (Å²) in [6, 6.07) is 3.38. The van der Waals surface area contributed by atoms with Crippen LogP contribution in [0.4, 0.5) is 0 Å². The van der Waals surface area contributed by atoms with Gasteiger partial charge in [-0.05, 0) is 50.3 Å². The van der Waals surface area contributed by atoms with Crippen LogP contribution in [0.15, 0.2) is 47.8 Å². The number of furan rings is 1. The zero-order valence-corrected chi connectivity index (χ0v) is 21.2. The third kappa shape index (κ3) is 3.53. The normalized spacial score (nSPS) is 29.5. The standard InChI is InChI=1S/C29H32N2O6/c1-4-11-31-12-10-29-20-6-7-21(30(3)25(34)8-5-18-9-13-35-16-18)28(29)37-27-24(36-17(2)32)15-23(33)19(26(27)29)14-22(20)31/h4-5,8-9,13,15-16,20-22,28,33H,1,6-7,10-12,14H2,2-3H3/b8-5+/t20-,21-,22+,28-,29-/m0/s1. The zero-order valence-electron chi connectivity index (χ0n) is 21.2. The van der Waals surface area contributed by atoms with E-state index in [0.717, 1.165) is 49.0 Å². The van der Waals surface area contributed by atoms with E-state index >= 15 is 0 Å². The second-order valence-corrected chi connectivity index (χ2v) is 10.6. The number of hydrogen-bond acceptors (Lipinski definition) is 7. The number of piperidine rings is 1. The first-order valence-corrected chi connectivity index (χ1v) is 12.9. The van der Waals surface area contributed by atoms with Crippen molar-refractivity contribution in [2.75, 3.05) is 20.1 Å². The quantitative estimate of drug-likeness (QED) is 0.278. The maximum atomic E-state index is 13.3. The van der Waals surface area contributed by atoms with Crippen molar-refractivity contribution in [3.8, 4) is 17.2 Å². The summed E-state index contributed by atoms with van der Waals surface area (Å²) in [6.07, 6.45) is 11.4. The lowest BCUT2D eigenvalue weighted by Gasteiger charge is -2.60. The molecule has 194 valence electrons. The molecule has 8 nitrogen and oxygen atoms in total. The summed E-state index contributed by atoms with van der Waals surface area (Å²) in [5.41, 5.74) is 2.31. The number of likely N-dealkylation sites (N-methyl/N-ethyl adjacent to an activating group) is 1. The molecular weight excluding hydrogens is 472 g/mol. The lowest BCUT2D eigenvalue weighted by Crippen LogP contribution is -2.68. The van der Waals surface area contributed by atoms with Crippen molar-refractivity contribution in [3.05, 3.63) is 60.1 Å². The Hall–Kier alpha value is -3.52. The van der Waals surface area contributed by atoms with Crippen LogP contribution in [0, 0.1) is 5.92 Å². The van der Waals surface area contributed by atoms with Gasteiger partial charge in [0.25, 0.3) is 0 Å². The molecule has 2 fully saturated rings. The number of phenols is 1. The van der Waals surface area contributed by atoms with Crippen molar-refractivity contribution in [1.29, 1.82) is 0 Å². The summed E-state index contributed by atoms with van der Waals surface area (Å²) in [6.45, 7) is 6.96.